The van der Waals surface area contributed by atoms with E-state index in [2.05, 4.69) is 38.2 Å². The normalized spacial score (nSPS) is 20.1. The van der Waals surface area contributed by atoms with Crippen molar-refractivity contribution in [3.05, 3.63) is 66.2 Å². The lowest BCUT2D eigenvalue weighted by molar-refractivity contribution is 0.252. The molecule has 1 aliphatic rings. The van der Waals surface area contributed by atoms with E-state index in [0.29, 0.717) is 0 Å². The van der Waals surface area contributed by atoms with Crippen molar-refractivity contribution in [1.82, 2.24) is 5.32 Å². The highest BCUT2D eigenvalue weighted by Gasteiger charge is 2.32. The largest absolute Gasteiger partial charge is 0.478 e. The second-order valence-corrected chi connectivity index (χ2v) is 6.80. The van der Waals surface area contributed by atoms with Crippen LogP contribution >= 0.6 is 12.4 Å². The first-order valence-corrected chi connectivity index (χ1v) is 8.16. The molecule has 3 rings (SSSR count). The number of hydrogen-bond acceptors (Lipinski definition) is 3. The quantitative estimate of drug-likeness (QED) is 0.865. The number of rotatable bonds is 4. The predicted octanol–water partition coefficient (Wildman–Crippen LogP) is 4.79. The van der Waals surface area contributed by atoms with Crippen LogP contribution in [0.2, 0.25) is 0 Å². The fraction of sp³-hybridized carbons (Fsp3) is 0.350. The van der Waals surface area contributed by atoms with Gasteiger partial charge in [-0.3, -0.25) is 4.99 Å². The Morgan fingerprint density at radius 3 is 2.21 bits per heavy atom. The summed E-state index contributed by atoms with van der Waals surface area (Å²) >= 11 is 0. The molecular weight excluding hydrogens is 320 g/mol. The summed E-state index contributed by atoms with van der Waals surface area (Å²) in [5, 5.41) is 3.57. The minimum atomic E-state index is -0.222. The molecule has 1 aliphatic heterocycles. The molecule has 24 heavy (non-hydrogen) atoms. The molecule has 1 N–H and O–H groups in total. The third-order valence-corrected chi connectivity index (χ3v) is 3.98. The number of nitrogens with zero attached hydrogens (tertiary/aromatic N) is 1. The fourth-order valence-corrected chi connectivity index (χ4v) is 3.13. The molecule has 2 unspecified atom stereocenters. The lowest BCUT2D eigenvalue weighted by Gasteiger charge is -2.37. The summed E-state index contributed by atoms with van der Waals surface area (Å²) in [5.74, 6) is 1.76. The summed E-state index contributed by atoms with van der Waals surface area (Å²) in [7, 11) is 0. The smallest absolute Gasteiger partial charge is 0.180 e. The molecule has 128 valence electrons. The van der Waals surface area contributed by atoms with Gasteiger partial charge in [0.2, 0.25) is 0 Å². The van der Waals surface area contributed by atoms with Crippen LogP contribution in [0.5, 0.6) is 5.75 Å². The van der Waals surface area contributed by atoms with Gasteiger partial charge >= 0.3 is 0 Å². The summed E-state index contributed by atoms with van der Waals surface area (Å²) in [4.78, 5) is 4.83. The van der Waals surface area contributed by atoms with Gasteiger partial charge in [-0.2, -0.15) is 0 Å². The van der Waals surface area contributed by atoms with E-state index < -0.39 is 0 Å². The Kier molecular flexibility index (Phi) is 5.89. The van der Waals surface area contributed by atoms with Crippen LogP contribution in [0.25, 0.3) is 0 Å². The van der Waals surface area contributed by atoms with E-state index in [4.69, 9.17) is 9.73 Å². The molecule has 2 aromatic rings. The minimum absolute atomic E-state index is 0. The fourth-order valence-electron chi connectivity index (χ4n) is 3.13. The molecule has 0 radical (unpaired) electrons. The van der Waals surface area contributed by atoms with Gasteiger partial charge in [0.25, 0.3) is 0 Å². The van der Waals surface area contributed by atoms with Crippen LogP contribution in [0.15, 0.2) is 65.7 Å². The second kappa shape index (κ2) is 7.71. The molecule has 0 saturated carbocycles. The van der Waals surface area contributed by atoms with Crippen LogP contribution in [0.3, 0.4) is 0 Å². The molecule has 0 aromatic heterocycles. The van der Waals surface area contributed by atoms with Gasteiger partial charge in [0.15, 0.2) is 6.10 Å². The highest BCUT2D eigenvalue weighted by Crippen LogP contribution is 2.27. The van der Waals surface area contributed by atoms with Crippen LogP contribution < -0.4 is 10.1 Å². The second-order valence-electron chi connectivity index (χ2n) is 6.80. The van der Waals surface area contributed by atoms with Crippen molar-refractivity contribution in [1.29, 1.82) is 0 Å². The number of halogens is 1. The molecular formula is C20H25ClN2O. The lowest BCUT2D eigenvalue weighted by atomic mass is 9.92. The van der Waals surface area contributed by atoms with Crippen LogP contribution in [0.4, 0.5) is 0 Å². The minimum Gasteiger partial charge on any atom is -0.478 e. The maximum Gasteiger partial charge on any atom is 0.180 e. The van der Waals surface area contributed by atoms with Crippen molar-refractivity contribution in [2.75, 3.05) is 0 Å². The van der Waals surface area contributed by atoms with Crippen LogP contribution in [-0.2, 0) is 0 Å². The Hall–Kier alpha value is -2.00. The molecule has 1 heterocycles. The first kappa shape index (κ1) is 18.3. The van der Waals surface area contributed by atoms with Crippen LogP contribution in [-0.4, -0.2) is 17.4 Å². The number of benzene rings is 2. The number of para-hydroxylation sites is 1. The molecule has 0 spiro atoms. The Balaban J connectivity index is 0.00000208. The van der Waals surface area contributed by atoms with Crippen LogP contribution in [0.1, 0.15) is 38.9 Å². The van der Waals surface area contributed by atoms with E-state index in [-0.39, 0.29) is 30.1 Å². The topological polar surface area (TPSA) is 33.6 Å². The predicted molar refractivity (Wildman–Crippen MR) is 102 cm³/mol. The molecule has 0 bridgehead atoms. The molecule has 2 atom stereocenters. The van der Waals surface area contributed by atoms with E-state index in [1.165, 1.54) is 0 Å². The number of aliphatic imine (C=N–C) groups is 1. The summed E-state index contributed by atoms with van der Waals surface area (Å²) in [6, 6.07) is 20.5. The molecule has 0 aliphatic carbocycles. The summed E-state index contributed by atoms with van der Waals surface area (Å²) in [5.41, 5.74) is 1.12. The van der Waals surface area contributed by atoms with E-state index in [1.807, 2.05) is 48.5 Å². The molecule has 2 aromatic carbocycles. The van der Waals surface area contributed by atoms with Gasteiger partial charge in [-0.15, -0.1) is 12.4 Å². The van der Waals surface area contributed by atoms with Crippen molar-refractivity contribution < 1.29 is 4.74 Å². The number of hydrogen-bond donors (Lipinski definition) is 1. The van der Waals surface area contributed by atoms with Crippen LogP contribution in [0, 0.1) is 0 Å². The first-order chi connectivity index (χ1) is 11.0. The highest BCUT2D eigenvalue weighted by atomic mass is 35.5. The zero-order valence-corrected chi connectivity index (χ0v) is 15.2. The van der Waals surface area contributed by atoms with E-state index in [9.17, 15) is 0 Å². The molecule has 0 saturated heterocycles. The average Bonchev–Trinajstić information content (AvgIpc) is 2.52. The van der Waals surface area contributed by atoms with Crippen molar-refractivity contribution in [3.8, 4) is 5.75 Å². The maximum atomic E-state index is 6.29. The van der Waals surface area contributed by atoms with Gasteiger partial charge in [0.1, 0.15) is 11.6 Å². The van der Waals surface area contributed by atoms with Crippen molar-refractivity contribution in [2.45, 2.75) is 44.9 Å². The van der Waals surface area contributed by atoms with E-state index in [0.717, 1.165) is 23.6 Å². The van der Waals surface area contributed by atoms with Gasteiger partial charge in [-0.05, 0) is 44.9 Å². The molecule has 0 fully saturated rings. The standard InChI is InChI=1S/C20H24N2O.ClH/c1-15-14-20(2,3)22-19(21-15)18(16-10-6-4-7-11-16)23-17-12-8-5-9-13-17;/h4-13,15,18H,14H2,1-3H3,(H,21,22);1H. The zero-order chi connectivity index (χ0) is 16.3. The molecule has 4 heteroatoms. The lowest BCUT2D eigenvalue weighted by Crippen LogP contribution is -2.51. The van der Waals surface area contributed by atoms with Gasteiger partial charge < -0.3 is 10.1 Å². The monoisotopic (exact) mass is 344 g/mol. The van der Waals surface area contributed by atoms with Crippen molar-refractivity contribution in [3.63, 3.8) is 0 Å². The number of amidine groups is 1. The highest BCUT2D eigenvalue weighted by molar-refractivity contribution is 5.89. The number of nitrogens with one attached hydrogen (secondary N) is 1. The van der Waals surface area contributed by atoms with Crippen molar-refractivity contribution in [2.24, 2.45) is 4.99 Å². The van der Waals surface area contributed by atoms with Crippen molar-refractivity contribution >= 4 is 18.2 Å². The van der Waals surface area contributed by atoms with Gasteiger partial charge in [-0.25, -0.2) is 0 Å². The third kappa shape index (κ3) is 4.51. The van der Waals surface area contributed by atoms with E-state index >= 15 is 0 Å². The zero-order valence-electron chi connectivity index (χ0n) is 14.4. The summed E-state index contributed by atoms with van der Waals surface area (Å²) in [6.45, 7) is 6.58. The Bertz CT molecular complexity index is 671. The van der Waals surface area contributed by atoms with Gasteiger partial charge in [0, 0.05) is 5.54 Å². The summed E-state index contributed by atoms with van der Waals surface area (Å²) < 4.78 is 6.29. The maximum absolute atomic E-state index is 6.29. The molecule has 0 amide bonds. The molecule has 3 nitrogen and oxygen atoms in total. The Morgan fingerprint density at radius 2 is 1.62 bits per heavy atom. The van der Waals surface area contributed by atoms with Gasteiger partial charge in [-0.1, -0.05) is 48.5 Å². The average molecular weight is 345 g/mol. The Labute approximate surface area is 150 Å². The van der Waals surface area contributed by atoms with E-state index in [1.54, 1.807) is 0 Å². The SMILES string of the molecule is CC1CC(C)(C)NC(C(Oc2ccccc2)c2ccccc2)=N1.Cl. The third-order valence-electron chi connectivity index (χ3n) is 3.98. The Morgan fingerprint density at radius 1 is 1.04 bits per heavy atom. The summed E-state index contributed by atoms with van der Waals surface area (Å²) in [6.07, 6.45) is 0.796. The number of ether oxygens (including phenoxy) is 1. The first-order valence-electron chi connectivity index (χ1n) is 8.16. The van der Waals surface area contributed by atoms with Gasteiger partial charge in [0.05, 0.1) is 6.04 Å².